The minimum absolute atomic E-state index is 0.250. The maximum atomic E-state index is 8.58. The van der Waals surface area contributed by atoms with E-state index < -0.39 is 0 Å². The van der Waals surface area contributed by atoms with Gasteiger partial charge in [-0.15, -0.1) is 0 Å². The van der Waals surface area contributed by atoms with Crippen molar-refractivity contribution < 1.29 is 9.53 Å². The number of amidine groups is 1. The summed E-state index contributed by atoms with van der Waals surface area (Å²) in [6, 6.07) is 6.96. The lowest BCUT2D eigenvalue weighted by Gasteiger charge is -2.35. The molecule has 3 N–H and O–H groups in total. The lowest BCUT2D eigenvalue weighted by molar-refractivity contribution is -0.106. The summed E-state index contributed by atoms with van der Waals surface area (Å²) in [6.07, 6.45) is 15.3. The van der Waals surface area contributed by atoms with Crippen molar-refractivity contribution in [3.05, 3.63) is 42.0 Å². The number of hydrogen-bond acceptors (Lipinski definition) is 6. The van der Waals surface area contributed by atoms with Crippen LogP contribution in [0.3, 0.4) is 0 Å². The van der Waals surface area contributed by atoms with Crippen LogP contribution in [0.2, 0.25) is 0 Å². The normalized spacial score (nSPS) is 21.7. The molecule has 3 heterocycles. The van der Waals surface area contributed by atoms with Crippen molar-refractivity contribution >= 4 is 41.6 Å². The van der Waals surface area contributed by atoms with E-state index in [2.05, 4.69) is 50.2 Å². The molecule has 1 aliphatic carbocycles. The van der Waals surface area contributed by atoms with Crippen molar-refractivity contribution in [1.82, 2.24) is 4.90 Å². The van der Waals surface area contributed by atoms with Crippen LogP contribution in [0.5, 0.6) is 0 Å². The number of nitrogens with two attached hydrogens (primary N) is 1. The summed E-state index contributed by atoms with van der Waals surface area (Å²) >= 11 is 1.95. The fourth-order valence-corrected chi connectivity index (χ4v) is 5.87. The summed E-state index contributed by atoms with van der Waals surface area (Å²) in [4.78, 5) is 13.3. The number of benzene rings is 1. The number of allylic oxidation sites excluding steroid dienone is 2. The lowest BCUT2D eigenvalue weighted by atomic mass is 9.93. The van der Waals surface area contributed by atoms with Gasteiger partial charge in [-0.2, -0.15) is 0 Å². The van der Waals surface area contributed by atoms with Crippen molar-refractivity contribution in [3.8, 4) is 0 Å². The first kappa shape index (κ1) is 24.7. The molecule has 0 radical (unpaired) electrons. The molecule has 4 aliphatic rings. The number of nitrogens with one attached hydrogen (secondary N) is 1. The third-order valence-corrected chi connectivity index (χ3v) is 8.35. The highest BCUT2D eigenvalue weighted by molar-refractivity contribution is 8.00. The van der Waals surface area contributed by atoms with Gasteiger partial charge in [0.1, 0.15) is 5.84 Å². The van der Waals surface area contributed by atoms with E-state index in [1.807, 2.05) is 24.1 Å². The molecule has 8 heteroatoms. The summed E-state index contributed by atoms with van der Waals surface area (Å²) < 4.78 is 7.83. The number of anilines is 2. The first-order chi connectivity index (χ1) is 16.6. The number of ether oxygens (including phenoxy) is 1. The van der Waals surface area contributed by atoms with Crippen LogP contribution in [0.4, 0.5) is 11.4 Å². The largest absolute Gasteiger partial charge is 0.378 e. The Kier molecular flexibility index (Phi) is 8.56. The lowest BCUT2D eigenvalue weighted by Crippen LogP contribution is -2.39. The molecule has 184 valence electrons. The third kappa shape index (κ3) is 6.36. The Balaban J connectivity index is 0.000000868. The molecule has 0 aromatic heterocycles. The zero-order chi connectivity index (χ0) is 23.8. The number of primary amides is 1. The topological polar surface area (TPSA) is 85.9 Å². The molecule has 3 saturated heterocycles. The van der Waals surface area contributed by atoms with Crippen LogP contribution in [0.15, 0.2) is 36.4 Å². The van der Waals surface area contributed by atoms with Crippen molar-refractivity contribution in [3.63, 3.8) is 0 Å². The predicted octanol–water partition coefficient (Wildman–Crippen LogP) is 3.91. The number of hydrogen-bond donors (Lipinski definition) is 2. The van der Waals surface area contributed by atoms with Crippen molar-refractivity contribution in [1.29, 1.82) is 5.41 Å². The van der Waals surface area contributed by atoms with E-state index in [9.17, 15) is 0 Å². The van der Waals surface area contributed by atoms with Crippen molar-refractivity contribution in [2.24, 2.45) is 11.1 Å². The van der Waals surface area contributed by atoms with Gasteiger partial charge in [0.25, 0.3) is 0 Å². The quantitative estimate of drug-likeness (QED) is 0.217. The number of carbonyl (C=O) groups excluding carboxylic acids is 1. The second-order valence-electron chi connectivity index (χ2n) is 9.36. The fraction of sp³-hybridized carbons (Fsp3) is 0.538. The van der Waals surface area contributed by atoms with E-state index >= 15 is 0 Å². The zero-order valence-electron chi connectivity index (χ0n) is 20.0. The summed E-state index contributed by atoms with van der Waals surface area (Å²) in [7, 11) is 0. The standard InChI is InChI=1S/C25H34N4OS.CH3NO/c26-24(28-15-17-30-18-16-28)5-2-1-4-21-6-7-22(29-12-3-19-31-29)20-23(21)27-13-10-25(8-9-25)11-14-27;2-1-3/h1-2,4-7,20,26H,3,8-19H2;1H,(H2,2,3)/b4-1+,5-2-,26-24?;. The second kappa shape index (κ2) is 11.8. The maximum absolute atomic E-state index is 8.58. The minimum atomic E-state index is 0.250. The van der Waals surface area contributed by atoms with Crippen molar-refractivity contribution in [2.75, 3.05) is 60.9 Å². The molecule has 1 spiro atoms. The Morgan fingerprint density at radius 1 is 1.06 bits per heavy atom. The number of morpholine rings is 1. The molecular weight excluding hydrogens is 446 g/mol. The molecule has 3 aliphatic heterocycles. The number of carbonyl (C=O) groups is 1. The molecule has 1 aromatic rings. The molecule has 0 bridgehead atoms. The van der Waals surface area contributed by atoms with Gasteiger partial charge in [-0.3, -0.25) is 10.2 Å². The smallest absolute Gasteiger partial charge is 0.204 e. The molecule has 0 unspecified atom stereocenters. The highest BCUT2D eigenvalue weighted by Crippen LogP contribution is 2.54. The van der Waals surface area contributed by atoms with Crippen LogP contribution in [0.25, 0.3) is 6.08 Å². The van der Waals surface area contributed by atoms with Gasteiger partial charge in [0.15, 0.2) is 0 Å². The molecule has 1 saturated carbocycles. The van der Waals surface area contributed by atoms with Crippen LogP contribution in [-0.2, 0) is 9.53 Å². The Hall–Kier alpha value is -2.45. The minimum Gasteiger partial charge on any atom is -0.378 e. The van der Waals surface area contributed by atoms with Crippen molar-refractivity contribution in [2.45, 2.75) is 32.1 Å². The molecule has 7 nitrogen and oxygen atoms in total. The molecule has 4 fully saturated rings. The van der Waals surface area contributed by atoms with Gasteiger partial charge < -0.3 is 24.6 Å². The first-order valence-corrected chi connectivity index (χ1v) is 13.3. The van der Waals surface area contributed by atoms with Gasteiger partial charge >= 0.3 is 0 Å². The summed E-state index contributed by atoms with van der Waals surface area (Å²) in [5.74, 6) is 1.80. The zero-order valence-corrected chi connectivity index (χ0v) is 20.8. The number of nitrogens with zero attached hydrogens (tertiary/aromatic N) is 3. The van der Waals surface area contributed by atoms with Gasteiger partial charge in [0.2, 0.25) is 6.41 Å². The Bertz CT molecular complexity index is 892. The molecule has 34 heavy (non-hydrogen) atoms. The third-order valence-electron chi connectivity index (χ3n) is 7.17. The van der Waals surface area contributed by atoms with Gasteiger partial charge in [0, 0.05) is 49.9 Å². The fourth-order valence-electron chi connectivity index (χ4n) is 4.87. The van der Waals surface area contributed by atoms with Crippen LogP contribution in [-0.4, -0.2) is 68.8 Å². The monoisotopic (exact) mass is 483 g/mol. The number of piperidine rings is 1. The predicted molar refractivity (Wildman–Crippen MR) is 143 cm³/mol. The average Bonchev–Trinajstić information content (AvgIpc) is 3.39. The van der Waals surface area contributed by atoms with E-state index in [0.717, 1.165) is 19.6 Å². The number of rotatable bonds is 5. The number of amides is 1. The highest BCUT2D eigenvalue weighted by atomic mass is 32.2. The Labute approximate surface area is 207 Å². The highest BCUT2D eigenvalue weighted by Gasteiger charge is 2.44. The summed E-state index contributed by atoms with van der Waals surface area (Å²) in [5.41, 5.74) is 8.85. The van der Waals surface area contributed by atoms with E-state index in [4.69, 9.17) is 14.9 Å². The SMILES string of the molecule is N=C(/C=C\C=C\c1ccc(N2CCCS2)cc1N1CCC2(CC1)CC2)N1CCOCC1.NC=O. The Morgan fingerprint density at radius 2 is 1.79 bits per heavy atom. The molecule has 5 rings (SSSR count). The second-order valence-corrected chi connectivity index (χ2v) is 10.5. The maximum Gasteiger partial charge on any atom is 0.204 e. The molecular formula is C26H37N5O2S. The van der Waals surface area contributed by atoms with Crippen LogP contribution >= 0.6 is 11.9 Å². The van der Waals surface area contributed by atoms with Gasteiger partial charge in [-0.05, 0) is 73.2 Å². The Morgan fingerprint density at radius 3 is 2.44 bits per heavy atom. The van der Waals surface area contributed by atoms with Crippen LogP contribution in [0.1, 0.15) is 37.7 Å². The molecule has 0 atom stereocenters. The summed E-state index contributed by atoms with van der Waals surface area (Å²) in [5, 5.41) is 8.27. The first-order valence-electron chi connectivity index (χ1n) is 12.3. The molecule has 1 aromatic carbocycles. The van der Waals surface area contributed by atoms with Gasteiger partial charge in [-0.25, -0.2) is 0 Å². The average molecular weight is 484 g/mol. The van der Waals surface area contributed by atoms with E-state index in [-0.39, 0.29) is 6.41 Å². The van der Waals surface area contributed by atoms with Crippen LogP contribution in [0, 0.1) is 10.8 Å². The van der Waals surface area contributed by atoms with Gasteiger partial charge in [0.05, 0.1) is 13.2 Å². The van der Waals surface area contributed by atoms with Crippen LogP contribution < -0.4 is 14.9 Å². The summed E-state index contributed by atoms with van der Waals surface area (Å²) in [6.45, 7) is 6.55. The van der Waals surface area contributed by atoms with Gasteiger partial charge in [-0.1, -0.05) is 24.3 Å². The van der Waals surface area contributed by atoms with E-state index in [0.29, 0.717) is 24.5 Å². The van der Waals surface area contributed by atoms with E-state index in [1.165, 1.54) is 67.9 Å². The van der Waals surface area contributed by atoms with E-state index in [1.54, 1.807) is 0 Å². The molecule has 1 amide bonds.